The Labute approximate surface area is 118 Å². The van der Waals surface area contributed by atoms with Crippen LogP contribution in [0.15, 0.2) is 0 Å². The van der Waals surface area contributed by atoms with Gasteiger partial charge in [0.05, 0.1) is 6.10 Å². The molecule has 2 unspecified atom stereocenters. The van der Waals surface area contributed by atoms with E-state index in [0.29, 0.717) is 5.92 Å². The fraction of sp³-hybridized carbons (Fsp3) is 1.00. The molecule has 0 radical (unpaired) electrons. The molecule has 3 aliphatic carbocycles. The number of hydrogen-bond donors (Lipinski definition) is 1. The summed E-state index contributed by atoms with van der Waals surface area (Å²) in [5.74, 6) is 2.47. The summed E-state index contributed by atoms with van der Waals surface area (Å²) in [5.41, 5.74) is 0.133. The average Bonchev–Trinajstić information content (AvgIpc) is 3.20. The summed E-state index contributed by atoms with van der Waals surface area (Å²) in [7, 11) is 0. The Kier molecular flexibility index (Phi) is 3.92. The highest BCUT2D eigenvalue weighted by atomic mass is 16.3. The minimum atomic E-state index is -0.0952. The highest BCUT2D eigenvalue weighted by Crippen LogP contribution is 2.40. The number of aliphatic hydroxyl groups excluding tert-OH is 1. The number of aliphatic hydroxyl groups is 1. The van der Waals surface area contributed by atoms with Crippen LogP contribution in [0.25, 0.3) is 0 Å². The second kappa shape index (κ2) is 5.37. The van der Waals surface area contributed by atoms with Crippen LogP contribution in [-0.4, -0.2) is 35.7 Å². The Morgan fingerprint density at radius 1 is 0.947 bits per heavy atom. The van der Waals surface area contributed by atoms with Crippen molar-refractivity contribution in [2.75, 3.05) is 19.6 Å². The summed E-state index contributed by atoms with van der Waals surface area (Å²) in [6.07, 6.45) is 9.41. The first-order valence-corrected chi connectivity index (χ1v) is 8.45. The molecule has 3 fully saturated rings. The largest absolute Gasteiger partial charge is 0.392 e. The number of nitrogens with zero attached hydrogens (tertiary/aromatic N) is 1. The van der Waals surface area contributed by atoms with Gasteiger partial charge in [0.2, 0.25) is 0 Å². The Morgan fingerprint density at radius 2 is 1.53 bits per heavy atom. The zero-order chi connectivity index (χ0) is 13.5. The van der Waals surface area contributed by atoms with Gasteiger partial charge in [-0.05, 0) is 61.7 Å². The maximum absolute atomic E-state index is 10.6. The van der Waals surface area contributed by atoms with Crippen molar-refractivity contribution in [2.45, 2.75) is 64.9 Å². The van der Waals surface area contributed by atoms with E-state index >= 15 is 0 Å². The van der Waals surface area contributed by atoms with E-state index in [9.17, 15) is 5.11 Å². The highest BCUT2D eigenvalue weighted by molar-refractivity contribution is 4.91. The molecule has 0 aromatic carbocycles. The summed E-state index contributed by atoms with van der Waals surface area (Å²) in [6.45, 7) is 8.25. The minimum Gasteiger partial charge on any atom is -0.392 e. The summed E-state index contributed by atoms with van der Waals surface area (Å²) in [4.78, 5) is 2.70. The molecule has 0 heterocycles. The zero-order valence-corrected chi connectivity index (χ0v) is 12.8. The van der Waals surface area contributed by atoms with Crippen LogP contribution in [0.4, 0.5) is 0 Å². The average molecular weight is 265 g/mol. The van der Waals surface area contributed by atoms with Crippen molar-refractivity contribution < 1.29 is 5.11 Å². The van der Waals surface area contributed by atoms with E-state index in [1.807, 2.05) is 0 Å². The van der Waals surface area contributed by atoms with Crippen LogP contribution in [0.1, 0.15) is 58.8 Å². The van der Waals surface area contributed by atoms with Gasteiger partial charge in [0.1, 0.15) is 0 Å². The molecule has 0 spiro atoms. The third-order valence-corrected chi connectivity index (χ3v) is 5.56. The van der Waals surface area contributed by atoms with Gasteiger partial charge < -0.3 is 10.0 Å². The van der Waals surface area contributed by atoms with Crippen molar-refractivity contribution >= 4 is 0 Å². The van der Waals surface area contributed by atoms with Gasteiger partial charge in [-0.1, -0.05) is 20.3 Å². The Balaban J connectivity index is 1.56. The summed E-state index contributed by atoms with van der Waals surface area (Å²) in [5, 5.41) is 10.6. The quantitative estimate of drug-likeness (QED) is 0.796. The van der Waals surface area contributed by atoms with Crippen LogP contribution in [0.3, 0.4) is 0 Å². The van der Waals surface area contributed by atoms with Crippen molar-refractivity contribution in [3.63, 3.8) is 0 Å². The fourth-order valence-corrected chi connectivity index (χ4v) is 3.84. The van der Waals surface area contributed by atoms with E-state index in [0.717, 1.165) is 18.4 Å². The summed E-state index contributed by atoms with van der Waals surface area (Å²) < 4.78 is 0. The molecule has 3 saturated carbocycles. The first kappa shape index (κ1) is 13.9. The van der Waals surface area contributed by atoms with Crippen LogP contribution < -0.4 is 0 Å². The predicted molar refractivity (Wildman–Crippen MR) is 79.0 cm³/mol. The lowest BCUT2D eigenvalue weighted by Crippen LogP contribution is -2.45. The first-order valence-electron chi connectivity index (χ1n) is 8.45. The maximum atomic E-state index is 10.6. The Hall–Kier alpha value is -0.0800. The van der Waals surface area contributed by atoms with Gasteiger partial charge in [-0.25, -0.2) is 0 Å². The third-order valence-electron chi connectivity index (χ3n) is 5.56. The molecule has 0 aromatic rings. The topological polar surface area (TPSA) is 23.5 Å². The molecule has 0 saturated heterocycles. The number of rotatable bonds is 6. The number of hydrogen-bond acceptors (Lipinski definition) is 2. The summed E-state index contributed by atoms with van der Waals surface area (Å²) >= 11 is 0. The lowest BCUT2D eigenvalue weighted by atomic mass is 9.69. The van der Waals surface area contributed by atoms with Crippen LogP contribution in [-0.2, 0) is 0 Å². The van der Waals surface area contributed by atoms with E-state index in [4.69, 9.17) is 0 Å². The predicted octanol–water partition coefficient (Wildman–Crippen LogP) is 3.30. The van der Waals surface area contributed by atoms with Crippen LogP contribution in [0.5, 0.6) is 0 Å². The molecule has 3 aliphatic rings. The molecular formula is C17H31NO. The smallest absolute Gasteiger partial charge is 0.0631 e. The molecule has 2 heteroatoms. The molecule has 2 atom stereocenters. The van der Waals surface area contributed by atoms with Crippen molar-refractivity contribution in [3.05, 3.63) is 0 Å². The van der Waals surface area contributed by atoms with Gasteiger partial charge in [-0.3, -0.25) is 0 Å². The van der Waals surface area contributed by atoms with Crippen molar-refractivity contribution in [1.82, 2.24) is 4.90 Å². The first-order chi connectivity index (χ1) is 9.04. The molecule has 2 nitrogen and oxygen atoms in total. The monoisotopic (exact) mass is 265 g/mol. The fourth-order valence-electron chi connectivity index (χ4n) is 3.84. The standard InChI is InChI=1S/C17H31NO/c1-17(2)9-3-4-15(16(17)19)12-18(10-13-5-6-13)11-14-7-8-14/h13-16,19H,3-12H2,1-2H3. The van der Waals surface area contributed by atoms with Crippen molar-refractivity contribution in [1.29, 1.82) is 0 Å². The molecule has 1 N–H and O–H groups in total. The lowest BCUT2D eigenvalue weighted by molar-refractivity contribution is -0.0436. The van der Waals surface area contributed by atoms with E-state index < -0.39 is 0 Å². The van der Waals surface area contributed by atoms with Crippen LogP contribution in [0, 0.1) is 23.2 Å². The maximum Gasteiger partial charge on any atom is 0.0631 e. The van der Waals surface area contributed by atoms with E-state index in [2.05, 4.69) is 18.7 Å². The van der Waals surface area contributed by atoms with Gasteiger partial charge >= 0.3 is 0 Å². The van der Waals surface area contributed by atoms with E-state index in [1.165, 1.54) is 58.0 Å². The lowest BCUT2D eigenvalue weighted by Gasteiger charge is -2.42. The summed E-state index contributed by atoms with van der Waals surface area (Å²) in [6, 6.07) is 0. The molecule has 0 aliphatic heterocycles. The molecule has 0 bridgehead atoms. The zero-order valence-electron chi connectivity index (χ0n) is 12.8. The third kappa shape index (κ3) is 3.72. The minimum absolute atomic E-state index is 0.0952. The van der Waals surface area contributed by atoms with Crippen LogP contribution in [0.2, 0.25) is 0 Å². The van der Waals surface area contributed by atoms with Gasteiger partial charge in [0, 0.05) is 19.6 Å². The molecule has 3 rings (SSSR count). The molecule has 0 aromatic heterocycles. The molecule has 110 valence electrons. The van der Waals surface area contributed by atoms with Gasteiger partial charge in [0.15, 0.2) is 0 Å². The van der Waals surface area contributed by atoms with Crippen molar-refractivity contribution in [3.8, 4) is 0 Å². The normalized spacial score (nSPS) is 34.7. The van der Waals surface area contributed by atoms with Gasteiger partial charge in [-0.2, -0.15) is 0 Å². The van der Waals surface area contributed by atoms with Crippen molar-refractivity contribution in [2.24, 2.45) is 23.2 Å². The van der Waals surface area contributed by atoms with Gasteiger partial charge in [-0.15, -0.1) is 0 Å². The molecular weight excluding hydrogens is 234 g/mol. The SMILES string of the molecule is CC1(C)CCCC(CN(CC2CC2)CC2CC2)C1O. The second-order valence-corrected chi connectivity index (χ2v) is 8.19. The Bertz CT molecular complexity index is 292. The Morgan fingerprint density at radius 3 is 2.05 bits per heavy atom. The van der Waals surface area contributed by atoms with E-state index in [1.54, 1.807) is 0 Å². The van der Waals surface area contributed by atoms with Crippen LogP contribution >= 0.6 is 0 Å². The van der Waals surface area contributed by atoms with Gasteiger partial charge in [0.25, 0.3) is 0 Å². The molecule has 19 heavy (non-hydrogen) atoms. The molecule has 0 amide bonds. The second-order valence-electron chi connectivity index (χ2n) is 8.19. The van der Waals surface area contributed by atoms with E-state index in [-0.39, 0.29) is 11.5 Å². The highest BCUT2D eigenvalue weighted by Gasteiger charge is 2.39.